The minimum atomic E-state index is -3.88. The van der Waals surface area contributed by atoms with Crippen molar-refractivity contribution in [1.82, 2.24) is 4.98 Å². The van der Waals surface area contributed by atoms with Crippen LogP contribution in [0.1, 0.15) is 19.4 Å². The van der Waals surface area contributed by atoms with Crippen molar-refractivity contribution in [2.45, 2.75) is 25.2 Å². The van der Waals surface area contributed by atoms with E-state index >= 15 is 0 Å². The van der Waals surface area contributed by atoms with E-state index in [1.807, 2.05) is 17.5 Å². The monoisotopic (exact) mass is 432 g/mol. The van der Waals surface area contributed by atoms with Gasteiger partial charge in [0.05, 0.1) is 19.9 Å². The summed E-state index contributed by atoms with van der Waals surface area (Å²) in [4.78, 5) is 4.43. The Bertz CT molecular complexity index is 1070. The number of benzene rings is 2. The Morgan fingerprint density at radius 3 is 2.41 bits per heavy atom. The highest BCUT2D eigenvalue weighted by atomic mass is 32.2. The van der Waals surface area contributed by atoms with Crippen molar-refractivity contribution in [3.05, 3.63) is 53.4 Å². The summed E-state index contributed by atoms with van der Waals surface area (Å²) in [5, 5.41) is 2.12. The fraction of sp³-hybridized carbons (Fsp3) is 0.286. The van der Waals surface area contributed by atoms with E-state index in [2.05, 4.69) is 35.7 Å². The summed E-state index contributed by atoms with van der Waals surface area (Å²) in [6.45, 7) is 4.37. The third-order valence-electron chi connectivity index (χ3n) is 4.28. The molecule has 0 atom stereocenters. The Hall–Kier alpha value is -2.58. The summed E-state index contributed by atoms with van der Waals surface area (Å²) >= 11 is 1.23. The van der Waals surface area contributed by atoms with Crippen molar-refractivity contribution in [2.75, 3.05) is 18.9 Å². The Balaban J connectivity index is 1.82. The summed E-state index contributed by atoms with van der Waals surface area (Å²) in [7, 11) is -0.986. The van der Waals surface area contributed by atoms with Crippen LogP contribution in [-0.2, 0) is 16.4 Å². The lowest BCUT2D eigenvalue weighted by atomic mass is 10.0. The molecule has 0 bridgehead atoms. The van der Waals surface area contributed by atoms with Gasteiger partial charge in [-0.05, 0) is 30.0 Å². The molecule has 0 radical (unpaired) electrons. The van der Waals surface area contributed by atoms with Crippen LogP contribution in [-0.4, -0.2) is 27.6 Å². The van der Waals surface area contributed by atoms with Gasteiger partial charge in [0.2, 0.25) is 0 Å². The fourth-order valence-electron chi connectivity index (χ4n) is 2.90. The number of nitrogens with one attached hydrogen (secondary N) is 1. The summed E-state index contributed by atoms with van der Waals surface area (Å²) in [6.07, 6.45) is 1.02. The van der Waals surface area contributed by atoms with Gasteiger partial charge in [-0.1, -0.05) is 38.1 Å². The molecule has 3 rings (SSSR count). The molecule has 0 spiro atoms. The molecule has 0 aliphatic carbocycles. The van der Waals surface area contributed by atoms with Crippen molar-refractivity contribution >= 4 is 26.5 Å². The second kappa shape index (κ2) is 8.84. The maximum absolute atomic E-state index is 12.9. The predicted molar refractivity (Wildman–Crippen MR) is 116 cm³/mol. The minimum Gasteiger partial charge on any atom is -0.497 e. The maximum atomic E-state index is 12.9. The molecule has 1 aromatic heterocycles. The molecular formula is C21H24N2O4S2. The van der Waals surface area contributed by atoms with Gasteiger partial charge in [-0.15, -0.1) is 11.3 Å². The summed E-state index contributed by atoms with van der Waals surface area (Å²) in [5.74, 6) is 1.25. The van der Waals surface area contributed by atoms with E-state index in [1.165, 1.54) is 37.2 Å². The quantitative estimate of drug-likeness (QED) is 0.552. The molecule has 6 nitrogen and oxygen atoms in total. The second-order valence-electron chi connectivity index (χ2n) is 6.96. The standard InChI is InChI=1S/C21H24N2O4S2/c1-14(2)11-15-5-7-16(8-6-15)18-13-28-21(22-18)23-29(24,25)20-12-17(26-3)9-10-19(20)27-4/h5-10,12-14H,11H2,1-4H3,(H,22,23). The summed E-state index contributed by atoms with van der Waals surface area (Å²) in [5.41, 5.74) is 2.93. The lowest BCUT2D eigenvalue weighted by Crippen LogP contribution is -2.14. The Morgan fingerprint density at radius 2 is 1.79 bits per heavy atom. The SMILES string of the molecule is COc1ccc(OC)c(S(=O)(=O)Nc2nc(-c3ccc(CC(C)C)cc3)cs2)c1. The zero-order chi connectivity index (χ0) is 21.0. The first kappa shape index (κ1) is 21.1. The molecule has 0 aliphatic rings. The van der Waals surface area contributed by atoms with Crippen LogP contribution in [0.3, 0.4) is 0 Å². The number of aromatic nitrogens is 1. The number of rotatable bonds is 8. The Morgan fingerprint density at radius 1 is 1.07 bits per heavy atom. The third-order valence-corrected chi connectivity index (χ3v) is 6.53. The topological polar surface area (TPSA) is 77.5 Å². The average molecular weight is 433 g/mol. The lowest BCUT2D eigenvalue weighted by molar-refractivity contribution is 0.392. The summed E-state index contributed by atoms with van der Waals surface area (Å²) < 4.78 is 38.6. The average Bonchev–Trinajstić information content (AvgIpc) is 3.15. The van der Waals surface area contributed by atoms with Crippen LogP contribution in [0.5, 0.6) is 11.5 Å². The number of nitrogens with zero attached hydrogens (tertiary/aromatic N) is 1. The molecule has 0 unspecified atom stereocenters. The molecule has 0 saturated carbocycles. The molecule has 0 fully saturated rings. The lowest BCUT2D eigenvalue weighted by Gasteiger charge is -2.11. The molecule has 1 heterocycles. The Labute approximate surface area is 175 Å². The first-order valence-electron chi connectivity index (χ1n) is 9.12. The normalized spacial score (nSPS) is 11.5. The van der Waals surface area contributed by atoms with Crippen molar-refractivity contribution in [3.63, 3.8) is 0 Å². The Kier molecular flexibility index (Phi) is 6.44. The molecule has 1 N–H and O–H groups in total. The number of thiazole rings is 1. The zero-order valence-electron chi connectivity index (χ0n) is 16.8. The number of methoxy groups -OCH3 is 2. The largest absolute Gasteiger partial charge is 0.497 e. The molecule has 8 heteroatoms. The fourth-order valence-corrected chi connectivity index (χ4v) is 5.06. The van der Waals surface area contributed by atoms with Gasteiger partial charge in [0, 0.05) is 17.0 Å². The van der Waals surface area contributed by atoms with E-state index in [-0.39, 0.29) is 15.8 Å². The van der Waals surface area contributed by atoms with E-state index in [0.29, 0.717) is 11.7 Å². The number of ether oxygens (including phenoxy) is 2. The number of anilines is 1. The van der Waals surface area contributed by atoms with E-state index in [4.69, 9.17) is 9.47 Å². The van der Waals surface area contributed by atoms with Crippen LogP contribution in [0.2, 0.25) is 0 Å². The smallest absolute Gasteiger partial charge is 0.267 e. The first-order chi connectivity index (χ1) is 13.8. The van der Waals surface area contributed by atoms with Gasteiger partial charge < -0.3 is 9.47 Å². The molecule has 29 heavy (non-hydrogen) atoms. The third kappa shape index (κ3) is 5.07. The molecule has 0 saturated heterocycles. The zero-order valence-corrected chi connectivity index (χ0v) is 18.4. The van der Waals surface area contributed by atoms with Gasteiger partial charge in [-0.3, -0.25) is 4.72 Å². The van der Waals surface area contributed by atoms with Gasteiger partial charge in [0.1, 0.15) is 16.4 Å². The highest BCUT2D eigenvalue weighted by molar-refractivity contribution is 7.93. The van der Waals surface area contributed by atoms with Crippen molar-refractivity contribution < 1.29 is 17.9 Å². The molecular weight excluding hydrogens is 408 g/mol. The first-order valence-corrected chi connectivity index (χ1v) is 11.5. The number of hydrogen-bond acceptors (Lipinski definition) is 6. The van der Waals surface area contributed by atoms with Gasteiger partial charge >= 0.3 is 0 Å². The van der Waals surface area contributed by atoms with E-state index in [9.17, 15) is 8.42 Å². The molecule has 0 aliphatic heterocycles. The van der Waals surface area contributed by atoms with Gasteiger partial charge in [0.25, 0.3) is 10.0 Å². The van der Waals surface area contributed by atoms with Gasteiger partial charge in [-0.2, -0.15) is 0 Å². The molecule has 0 amide bonds. The van der Waals surface area contributed by atoms with Crippen LogP contribution in [0.15, 0.2) is 52.7 Å². The van der Waals surface area contributed by atoms with Crippen LogP contribution < -0.4 is 14.2 Å². The van der Waals surface area contributed by atoms with Crippen molar-refractivity contribution in [2.24, 2.45) is 5.92 Å². The molecule has 3 aromatic rings. The van der Waals surface area contributed by atoms with E-state index in [1.54, 1.807) is 12.1 Å². The van der Waals surface area contributed by atoms with Gasteiger partial charge in [-0.25, -0.2) is 13.4 Å². The second-order valence-corrected chi connectivity index (χ2v) is 9.46. The van der Waals surface area contributed by atoms with Crippen LogP contribution >= 0.6 is 11.3 Å². The van der Waals surface area contributed by atoms with Crippen LogP contribution in [0, 0.1) is 5.92 Å². The molecule has 2 aromatic carbocycles. The van der Waals surface area contributed by atoms with Crippen LogP contribution in [0.25, 0.3) is 11.3 Å². The highest BCUT2D eigenvalue weighted by Crippen LogP contribution is 2.31. The number of hydrogen-bond donors (Lipinski definition) is 1. The van der Waals surface area contributed by atoms with Gasteiger partial charge in [0.15, 0.2) is 5.13 Å². The van der Waals surface area contributed by atoms with Crippen LogP contribution in [0.4, 0.5) is 5.13 Å². The van der Waals surface area contributed by atoms with E-state index < -0.39 is 10.0 Å². The van der Waals surface area contributed by atoms with Crippen molar-refractivity contribution in [3.8, 4) is 22.8 Å². The summed E-state index contributed by atoms with van der Waals surface area (Å²) in [6, 6.07) is 12.8. The highest BCUT2D eigenvalue weighted by Gasteiger charge is 2.22. The van der Waals surface area contributed by atoms with E-state index in [0.717, 1.165) is 17.7 Å². The maximum Gasteiger partial charge on any atom is 0.267 e. The predicted octanol–water partition coefficient (Wildman–Crippen LogP) is 4.83. The molecule has 154 valence electrons. The minimum absolute atomic E-state index is 0.00543. The number of sulfonamides is 1. The van der Waals surface area contributed by atoms with Crippen molar-refractivity contribution in [1.29, 1.82) is 0 Å².